The zero-order chi connectivity index (χ0) is 11.9. The molecule has 3 rings (SSSR count). The fourth-order valence-electron chi connectivity index (χ4n) is 2.86. The van der Waals surface area contributed by atoms with Gasteiger partial charge >= 0.3 is 0 Å². The number of β-amino-alcohol motifs (C(OH)–C–C–N with tert-alkyl or cyclic N) is 1. The normalized spacial score (nSPS) is 35.9. The van der Waals surface area contributed by atoms with Crippen LogP contribution >= 0.6 is 0 Å². The topological polar surface area (TPSA) is 54.4 Å². The van der Waals surface area contributed by atoms with Gasteiger partial charge in [-0.15, -0.1) is 0 Å². The molecule has 92 valence electrons. The van der Waals surface area contributed by atoms with Gasteiger partial charge in [0.2, 0.25) is 0 Å². The monoisotopic (exact) mass is 238 g/mol. The van der Waals surface area contributed by atoms with Crippen LogP contribution in [0.5, 0.6) is 5.75 Å². The molecule has 1 saturated carbocycles. The predicted molar refractivity (Wildman–Crippen MR) is 59.2 cm³/mol. The van der Waals surface area contributed by atoms with E-state index in [-0.39, 0.29) is 17.8 Å². The van der Waals surface area contributed by atoms with Crippen LogP contribution in [0.3, 0.4) is 0 Å². The summed E-state index contributed by atoms with van der Waals surface area (Å²) in [5.41, 5.74) is -0.677. The third-order valence-corrected chi connectivity index (χ3v) is 3.73. The molecule has 2 aliphatic rings. The number of halogens is 1. The van der Waals surface area contributed by atoms with E-state index in [1.54, 1.807) is 12.1 Å². The van der Waals surface area contributed by atoms with Gasteiger partial charge in [0, 0.05) is 31.6 Å². The summed E-state index contributed by atoms with van der Waals surface area (Å²) in [6, 6.07) is 3.21. The number of ether oxygens (including phenoxy) is 1. The highest BCUT2D eigenvalue weighted by molar-refractivity contribution is 5.19. The lowest BCUT2D eigenvalue weighted by Crippen LogP contribution is -2.34. The second-order valence-electron chi connectivity index (χ2n) is 4.90. The number of hydrogen-bond acceptors (Lipinski definition) is 4. The molecule has 1 saturated heterocycles. The van der Waals surface area contributed by atoms with Crippen LogP contribution in [0, 0.1) is 11.9 Å². The van der Waals surface area contributed by atoms with Gasteiger partial charge in [0.05, 0.1) is 5.60 Å². The van der Waals surface area contributed by atoms with Crippen LogP contribution in [0.4, 0.5) is 4.39 Å². The molecule has 2 N–H and O–H groups in total. The van der Waals surface area contributed by atoms with Crippen LogP contribution in [0.2, 0.25) is 0 Å². The van der Waals surface area contributed by atoms with Crippen LogP contribution in [0.25, 0.3) is 0 Å². The number of aromatic nitrogens is 1. The average molecular weight is 238 g/mol. The molecule has 0 unspecified atom stereocenters. The van der Waals surface area contributed by atoms with Gasteiger partial charge in [-0.1, -0.05) is 0 Å². The summed E-state index contributed by atoms with van der Waals surface area (Å²) < 4.78 is 18.9. The van der Waals surface area contributed by atoms with Crippen molar-refractivity contribution >= 4 is 0 Å². The lowest BCUT2D eigenvalue weighted by atomic mass is 9.95. The molecule has 0 bridgehead atoms. The Kier molecular flexibility index (Phi) is 2.52. The third-order valence-electron chi connectivity index (χ3n) is 3.73. The first-order valence-corrected chi connectivity index (χ1v) is 5.88. The summed E-state index contributed by atoms with van der Waals surface area (Å²) in [4.78, 5) is 3.54. The van der Waals surface area contributed by atoms with Gasteiger partial charge in [-0.3, -0.25) is 0 Å². The van der Waals surface area contributed by atoms with Gasteiger partial charge in [-0.25, -0.2) is 4.98 Å². The van der Waals surface area contributed by atoms with Gasteiger partial charge in [-0.05, 0) is 18.6 Å². The van der Waals surface area contributed by atoms with E-state index in [0.29, 0.717) is 13.0 Å². The quantitative estimate of drug-likeness (QED) is 0.745. The van der Waals surface area contributed by atoms with E-state index in [4.69, 9.17) is 4.74 Å². The Bertz CT molecular complexity index is 429. The summed E-state index contributed by atoms with van der Waals surface area (Å²) in [5, 5.41) is 13.5. The summed E-state index contributed by atoms with van der Waals surface area (Å²) >= 11 is 0. The largest absolute Gasteiger partial charge is 0.486 e. The van der Waals surface area contributed by atoms with Crippen molar-refractivity contribution in [3.8, 4) is 5.75 Å². The van der Waals surface area contributed by atoms with Crippen LogP contribution in [0.15, 0.2) is 18.3 Å². The minimum absolute atomic E-state index is 0.120. The smallest absolute Gasteiger partial charge is 0.255 e. The Morgan fingerprint density at radius 3 is 3.24 bits per heavy atom. The van der Waals surface area contributed by atoms with Gasteiger partial charge in [0.25, 0.3) is 5.95 Å². The molecule has 5 heteroatoms. The van der Waals surface area contributed by atoms with Crippen molar-refractivity contribution in [3.05, 3.63) is 24.3 Å². The second-order valence-corrected chi connectivity index (χ2v) is 4.90. The summed E-state index contributed by atoms with van der Waals surface area (Å²) in [7, 11) is 0. The molecule has 0 aromatic carbocycles. The van der Waals surface area contributed by atoms with Crippen molar-refractivity contribution in [1.82, 2.24) is 10.3 Å². The van der Waals surface area contributed by atoms with Gasteiger partial charge in [0.15, 0.2) is 5.75 Å². The maximum atomic E-state index is 13.3. The molecule has 1 aliphatic heterocycles. The van der Waals surface area contributed by atoms with Crippen molar-refractivity contribution in [2.75, 3.05) is 13.1 Å². The molecule has 4 nitrogen and oxygen atoms in total. The number of nitrogens with one attached hydrogen (secondary N) is 1. The van der Waals surface area contributed by atoms with Crippen molar-refractivity contribution in [2.24, 2.45) is 5.92 Å². The Hall–Kier alpha value is -1.20. The predicted octanol–water partition coefficient (Wildman–Crippen LogP) is 0.712. The summed E-state index contributed by atoms with van der Waals surface area (Å²) in [6.45, 7) is 1.42. The van der Waals surface area contributed by atoms with Crippen LogP contribution < -0.4 is 10.1 Å². The highest BCUT2D eigenvalue weighted by Gasteiger charge is 2.50. The lowest BCUT2D eigenvalue weighted by Gasteiger charge is -2.20. The molecule has 3 atom stereocenters. The molecule has 1 aromatic rings. The molecule has 0 spiro atoms. The van der Waals surface area contributed by atoms with E-state index in [2.05, 4.69) is 10.3 Å². The fraction of sp³-hybridized carbons (Fsp3) is 0.583. The Morgan fingerprint density at radius 1 is 1.59 bits per heavy atom. The average Bonchev–Trinajstić information content (AvgIpc) is 2.76. The van der Waals surface area contributed by atoms with E-state index in [1.807, 2.05) is 0 Å². The number of rotatable bonds is 2. The van der Waals surface area contributed by atoms with Crippen LogP contribution in [0.1, 0.15) is 12.8 Å². The van der Waals surface area contributed by atoms with Gasteiger partial charge in [-0.2, -0.15) is 4.39 Å². The van der Waals surface area contributed by atoms with Crippen molar-refractivity contribution < 1.29 is 14.2 Å². The van der Waals surface area contributed by atoms with Crippen LogP contribution in [-0.2, 0) is 0 Å². The van der Waals surface area contributed by atoms with Crippen molar-refractivity contribution in [1.29, 1.82) is 0 Å². The maximum Gasteiger partial charge on any atom is 0.255 e. The van der Waals surface area contributed by atoms with E-state index in [1.165, 1.54) is 6.20 Å². The Morgan fingerprint density at radius 2 is 2.47 bits per heavy atom. The molecule has 0 radical (unpaired) electrons. The molecule has 1 aliphatic carbocycles. The standard InChI is InChI=1S/C12H15FN2O2/c13-11-10(2-1-3-15-11)17-9-4-8-6-14-7-12(8,16)5-9/h1-3,8-9,14,16H,4-7H2/t8-,9+,12-/m1/s1. The first-order valence-electron chi connectivity index (χ1n) is 5.88. The van der Waals surface area contributed by atoms with E-state index >= 15 is 0 Å². The van der Waals surface area contributed by atoms with E-state index < -0.39 is 11.5 Å². The molecule has 17 heavy (non-hydrogen) atoms. The molecule has 2 fully saturated rings. The van der Waals surface area contributed by atoms with Crippen molar-refractivity contribution in [2.45, 2.75) is 24.5 Å². The lowest BCUT2D eigenvalue weighted by molar-refractivity contribution is 0.0300. The molecule has 1 aromatic heterocycles. The number of hydrogen-bond donors (Lipinski definition) is 2. The number of aliphatic hydroxyl groups is 1. The van der Waals surface area contributed by atoms with E-state index in [9.17, 15) is 9.50 Å². The first-order chi connectivity index (χ1) is 8.17. The third kappa shape index (κ3) is 1.89. The van der Waals surface area contributed by atoms with Crippen molar-refractivity contribution in [3.63, 3.8) is 0 Å². The highest BCUT2D eigenvalue weighted by Crippen LogP contribution is 2.40. The molecular weight excluding hydrogens is 223 g/mol. The number of nitrogens with zero attached hydrogens (tertiary/aromatic N) is 1. The minimum atomic E-state index is -0.677. The molecule has 2 heterocycles. The minimum Gasteiger partial charge on any atom is -0.486 e. The van der Waals surface area contributed by atoms with E-state index in [0.717, 1.165) is 13.0 Å². The Balaban J connectivity index is 1.71. The number of fused-ring (bicyclic) bond motifs is 1. The molecule has 0 amide bonds. The fourth-order valence-corrected chi connectivity index (χ4v) is 2.86. The molecular formula is C12H15FN2O2. The van der Waals surface area contributed by atoms with Crippen LogP contribution in [-0.4, -0.2) is 34.9 Å². The second kappa shape index (κ2) is 3.92. The summed E-state index contributed by atoms with van der Waals surface area (Å²) in [5.74, 6) is -0.198. The van der Waals surface area contributed by atoms with Gasteiger partial charge in [0.1, 0.15) is 6.10 Å². The number of pyridine rings is 1. The highest BCUT2D eigenvalue weighted by atomic mass is 19.1. The Labute approximate surface area is 98.8 Å². The first kappa shape index (κ1) is 10.9. The maximum absolute atomic E-state index is 13.3. The zero-order valence-electron chi connectivity index (χ0n) is 9.40. The summed E-state index contributed by atoms with van der Waals surface area (Å²) in [6.07, 6.45) is 2.59. The SMILES string of the molecule is O[C@]12CNC[C@H]1C[C@H](Oc1cccnc1F)C2. The van der Waals surface area contributed by atoms with Gasteiger partial charge < -0.3 is 15.2 Å². The zero-order valence-corrected chi connectivity index (χ0v) is 9.40.